The number of fused-ring (bicyclic) bond motifs is 1. The molecular weight excluding hydrogens is 421 g/mol. The number of rotatable bonds is 3. The predicted molar refractivity (Wildman–Crippen MR) is 110 cm³/mol. The van der Waals surface area contributed by atoms with Crippen molar-refractivity contribution in [1.29, 1.82) is 0 Å². The van der Waals surface area contributed by atoms with Crippen LogP contribution in [-0.4, -0.2) is 48.7 Å². The molecule has 2 aromatic rings. The Morgan fingerprint density at radius 1 is 1.16 bits per heavy atom. The molecule has 0 bridgehead atoms. The van der Waals surface area contributed by atoms with E-state index in [0.29, 0.717) is 50.0 Å². The average Bonchev–Trinajstić information content (AvgIpc) is 2.78. The average molecular weight is 446 g/mol. The van der Waals surface area contributed by atoms with Crippen molar-refractivity contribution in [3.63, 3.8) is 0 Å². The molecular formula is C22H24FN3O4S. The lowest BCUT2D eigenvalue weighted by atomic mass is 9.61. The van der Waals surface area contributed by atoms with Gasteiger partial charge in [0.1, 0.15) is 16.3 Å². The van der Waals surface area contributed by atoms with E-state index >= 15 is 0 Å². The Hall–Kier alpha value is -2.52. The molecule has 1 aromatic heterocycles. The maximum Gasteiger partial charge on any atom is 0.260 e. The van der Waals surface area contributed by atoms with E-state index < -0.39 is 15.8 Å². The minimum Gasteiger partial charge on any atom is -0.618 e. The zero-order valence-electron chi connectivity index (χ0n) is 17.2. The van der Waals surface area contributed by atoms with Crippen LogP contribution >= 0.6 is 0 Å². The third-order valence-electron chi connectivity index (χ3n) is 7.01. The van der Waals surface area contributed by atoms with Crippen LogP contribution in [0.1, 0.15) is 42.2 Å². The van der Waals surface area contributed by atoms with Crippen LogP contribution in [0.3, 0.4) is 0 Å². The van der Waals surface area contributed by atoms with E-state index in [1.807, 2.05) is 11.8 Å². The fraction of sp³-hybridized carbons (Fsp3) is 0.455. The Labute approximate surface area is 180 Å². The summed E-state index contributed by atoms with van der Waals surface area (Å²) >= 11 is 0. The number of amides is 1. The van der Waals surface area contributed by atoms with E-state index in [1.165, 1.54) is 28.7 Å². The summed E-state index contributed by atoms with van der Waals surface area (Å²) < 4.78 is 41.6. The minimum absolute atomic E-state index is 0.000534. The van der Waals surface area contributed by atoms with Gasteiger partial charge in [-0.2, -0.15) is 9.04 Å². The number of carbonyl (C=O) groups excluding carboxylic acids is 1. The number of hydrogen-bond donors (Lipinski definition) is 0. The molecule has 1 aliphatic carbocycles. The van der Waals surface area contributed by atoms with Crippen LogP contribution in [0.25, 0.3) is 0 Å². The molecule has 2 fully saturated rings. The summed E-state index contributed by atoms with van der Waals surface area (Å²) in [6, 6.07) is 8.74. The summed E-state index contributed by atoms with van der Waals surface area (Å²) in [6.07, 6.45) is 4.11. The summed E-state index contributed by atoms with van der Waals surface area (Å²) in [5, 5.41) is 12.1. The molecule has 1 amide bonds. The lowest BCUT2D eigenvalue weighted by Crippen LogP contribution is -2.68. The Morgan fingerprint density at radius 3 is 2.58 bits per heavy atom. The summed E-state index contributed by atoms with van der Waals surface area (Å²) in [6.45, 7) is 2.68. The van der Waals surface area contributed by atoms with E-state index in [4.69, 9.17) is 0 Å². The fourth-order valence-electron chi connectivity index (χ4n) is 5.37. The number of sulfonamides is 1. The van der Waals surface area contributed by atoms with Crippen molar-refractivity contribution in [2.24, 2.45) is 5.41 Å². The van der Waals surface area contributed by atoms with Gasteiger partial charge < -0.3 is 10.1 Å². The number of benzene rings is 1. The third-order valence-corrected chi connectivity index (χ3v) is 8.83. The molecule has 7 nitrogen and oxygen atoms in total. The monoisotopic (exact) mass is 445 g/mol. The number of pyridine rings is 1. The lowest BCUT2D eigenvalue weighted by Gasteiger charge is -2.60. The largest absolute Gasteiger partial charge is 0.618 e. The highest BCUT2D eigenvalue weighted by atomic mass is 32.2. The SMILES string of the molecule is CC1CCc2c(ccc[n+]2[O-])C(=O)N1C1CC2(C1)CN(S(=O)(=O)c1ccccc1F)C2. The molecule has 164 valence electrons. The first-order chi connectivity index (χ1) is 14.7. The van der Waals surface area contributed by atoms with Crippen molar-refractivity contribution in [2.45, 2.75) is 49.6 Å². The molecule has 1 spiro atoms. The van der Waals surface area contributed by atoms with Crippen molar-refractivity contribution in [2.75, 3.05) is 13.1 Å². The van der Waals surface area contributed by atoms with Crippen LogP contribution in [0.5, 0.6) is 0 Å². The van der Waals surface area contributed by atoms with Gasteiger partial charge in [0.15, 0.2) is 6.20 Å². The standard InChI is InChI=1S/C22H24FN3O4S/c1-15-8-9-19-17(5-4-10-25(19)28)21(27)26(15)16-11-22(12-16)13-24(14-22)31(29,30)20-7-3-2-6-18(20)23/h2-7,10,15-16H,8-9,11-14H2,1H3. The zero-order chi connectivity index (χ0) is 22.0. The van der Waals surface area contributed by atoms with Gasteiger partial charge in [-0.25, -0.2) is 12.8 Å². The number of carbonyl (C=O) groups is 1. The maximum absolute atomic E-state index is 14.0. The first-order valence-corrected chi connectivity index (χ1v) is 11.9. The minimum atomic E-state index is -3.85. The molecule has 5 rings (SSSR count). The van der Waals surface area contributed by atoms with E-state index in [-0.39, 0.29) is 28.3 Å². The van der Waals surface area contributed by atoms with Gasteiger partial charge in [0, 0.05) is 43.1 Å². The van der Waals surface area contributed by atoms with Gasteiger partial charge in [-0.1, -0.05) is 12.1 Å². The second-order valence-electron chi connectivity index (χ2n) is 9.06. The molecule has 0 radical (unpaired) electrons. The summed E-state index contributed by atoms with van der Waals surface area (Å²) in [7, 11) is -3.85. The molecule has 1 saturated heterocycles. The first kappa shape index (κ1) is 20.4. The fourth-order valence-corrected chi connectivity index (χ4v) is 7.10. The molecule has 31 heavy (non-hydrogen) atoms. The van der Waals surface area contributed by atoms with Gasteiger partial charge in [-0.05, 0) is 44.4 Å². The van der Waals surface area contributed by atoms with Crippen molar-refractivity contribution < 1.29 is 22.3 Å². The second kappa shape index (κ2) is 7.00. The summed E-state index contributed by atoms with van der Waals surface area (Å²) in [4.78, 5) is 14.8. The Bertz CT molecular complexity index is 1160. The molecule has 2 aliphatic heterocycles. The summed E-state index contributed by atoms with van der Waals surface area (Å²) in [5.74, 6) is -0.867. The topological polar surface area (TPSA) is 84.6 Å². The quantitative estimate of drug-likeness (QED) is 0.535. The van der Waals surface area contributed by atoms with Crippen LogP contribution < -0.4 is 4.73 Å². The highest BCUT2D eigenvalue weighted by Gasteiger charge is 2.58. The molecule has 3 heterocycles. The highest BCUT2D eigenvalue weighted by molar-refractivity contribution is 7.89. The van der Waals surface area contributed by atoms with Gasteiger partial charge in [-0.15, -0.1) is 0 Å². The van der Waals surface area contributed by atoms with Crippen molar-refractivity contribution in [3.05, 3.63) is 64.9 Å². The number of aromatic nitrogens is 1. The number of nitrogens with zero attached hydrogens (tertiary/aromatic N) is 3. The normalized spacial score (nSPS) is 23.7. The molecule has 1 unspecified atom stereocenters. The number of hydrogen-bond acceptors (Lipinski definition) is 4. The van der Waals surface area contributed by atoms with Crippen LogP contribution in [0.4, 0.5) is 4.39 Å². The molecule has 9 heteroatoms. The smallest absolute Gasteiger partial charge is 0.260 e. The Balaban J connectivity index is 1.29. The second-order valence-corrected chi connectivity index (χ2v) is 11.0. The molecule has 1 atom stereocenters. The van der Waals surface area contributed by atoms with Crippen LogP contribution in [0, 0.1) is 16.4 Å². The van der Waals surface area contributed by atoms with Crippen LogP contribution in [0.15, 0.2) is 47.5 Å². The van der Waals surface area contributed by atoms with Gasteiger partial charge in [0.05, 0.1) is 0 Å². The predicted octanol–water partition coefficient (Wildman–Crippen LogP) is 2.09. The first-order valence-electron chi connectivity index (χ1n) is 10.5. The van der Waals surface area contributed by atoms with Crippen molar-refractivity contribution in [3.8, 4) is 0 Å². The van der Waals surface area contributed by atoms with Crippen LogP contribution in [-0.2, 0) is 16.4 Å². The van der Waals surface area contributed by atoms with E-state index in [2.05, 4.69) is 0 Å². The van der Waals surface area contributed by atoms with Crippen molar-refractivity contribution in [1.82, 2.24) is 9.21 Å². The highest BCUT2D eigenvalue weighted by Crippen LogP contribution is 2.52. The zero-order valence-corrected chi connectivity index (χ0v) is 18.0. The molecule has 1 aromatic carbocycles. The van der Waals surface area contributed by atoms with E-state index in [0.717, 1.165) is 10.8 Å². The van der Waals surface area contributed by atoms with Gasteiger partial charge >= 0.3 is 0 Å². The lowest BCUT2D eigenvalue weighted by molar-refractivity contribution is -0.614. The van der Waals surface area contributed by atoms with E-state index in [1.54, 1.807) is 12.1 Å². The van der Waals surface area contributed by atoms with Gasteiger partial charge in [0.2, 0.25) is 15.7 Å². The third kappa shape index (κ3) is 3.13. The maximum atomic E-state index is 14.0. The van der Waals surface area contributed by atoms with Crippen molar-refractivity contribution >= 4 is 15.9 Å². The van der Waals surface area contributed by atoms with Gasteiger partial charge in [-0.3, -0.25) is 4.79 Å². The Morgan fingerprint density at radius 2 is 1.87 bits per heavy atom. The summed E-state index contributed by atoms with van der Waals surface area (Å²) in [5.41, 5.74) is 0.814. The van der Waals surface area contributed by atoms with Gasteiger partial charge in [0.25, 0.3) is 5.91 Å². The molecule has 3 aliphatic rings. The molecule has 1 saturated carbocycles. The van der Waals surface area contributed by atoms with E-state index in [9.17, 15) is 22.8 Å². The molecule has 0 N–H and O–H groups in total. The van der Waals surface area contributed by atoms with Crippen LogP contribution in [0.2, 0.25) is 0 Å². The number of halogens is 1. The Kier molecular flexibility index (Phi) is 4.60.